The molecule has 0 amide bonds. The van der Waals surface area contributed by atoms with E-state index in [1.54, 1.807) is 42.7 Å². The predicted octanol–water partition coefficient (Wildman–Crippen LogP) is -1.29. The van der Waals surface area contributed by atoms with Gasteiger partial charge in [0.1, 0.15) is 12.2 Å². The van der Waals surface area contributed by atoms with E-state index in [1.807, 2.05) is 13.8 Å². The van der Waals surface area contributed by atoms with Crippen LogP contribution in [-0.4, -0.2) is 85.0 Å². The summed E-state index contributed by atoms with van der Waals surface area (Å²) >= 11 is 0. The molecule has 0 aromatic rings. The lowest BCUT2D eigenvalue weighted by Crippen LogP contribution is -2.62. The summed E-state index contributed by atoms with van der Waals surface area (Å²) in [5, 5.41) is 0. The van der Waals surface area contributed by atoms with Gasteiger partial charge in [-0.25, -0.2) is 0 Å². The van der Waals surface area contributed by atoms with Crippen LogP contribution in [0.4, 0.5) is 0 Å². The molecule has 0 spiro atoms. The zero-order valence-electron chi connectivity index (χ0n) is 14.5. The van der Waals surface area contributed by atoms with Gasteiger partial charge in [-0.1, -0.05) is 0 Å². The molecular formula is C12H31NO6Si2. The number of nitrogens with one attached hydrogen (secondary N) is 1. The van der Waals surface area contributed by atoms with Crippen LogP contribution in [0.3, 0.4) is 0 Å². The first-order valence-electron chi connectivity index (χ1n) is 6.88. The first-order valence-corrected chi connectivity index (χ1v) is 9.71. The van der Waals surface area contributed by atoms with Crippen LogP contribution in [-0.2, 0) is 28.4 Å². The number of ether oxygens (including phenoxy) is 6. The summed E-state index contributed by atoms with van der Waals surface area (Å²) in [6.45, 7) is 3.86. The van der Waals surface area contributed by atoms with Crippen molar-refractivity contribution in [3.63, 3.8) is 0 Å². The first kappa shape index (κ1) is 21.2. The predicted molar refractivity (Wildman–Crippen MR) is 86.7 cm³/mol. The van der Waals surface area contributed by atoms with Gasteiger partial charge in [0, 0.05) is 42.7 Å². The fourth-order valence-electron chi connectivity index (χ4n) is 2.18. The topological polar surface area (TPSA) is 67.4 Å². The molecule has 0 radical (unpaired) electrons. The molecule has 0 aromatic heterocycles. The van der Waals surface area contributed by atoms with Crippen LogP contribution in [0.2, 0.25) is 0 Å². The molecule has 0 saturated heterocycles. The Hall–Kier alpha value is 0.154. The van der Waals surface area contributed by atoms with E-state index < -0.39 is 30.2 Å². The largest absolute Gasteiger partial charge is 0.377 e. The molecular weight excluding hydrogens is 310 g/mol. The van der Waals surface area contributed by atoms with E-state index in [1.165, 1.54) is 0 Å². The van der Waals surface area contributed by atoms with Crippen LogP contribution in [0.25, 0.3) is 0 Å². The monoisotopic (exact) mass is 341 g/mol. The van der Waals surface area contributed by atoms with Crippen molar-refractivity contribution in [2.24, 2.45) is 0 Å². The molecule has 0 aliphatic rings. The van der Waals surface area contributed by atoms with E-state index in [0.717, 1.165) is 0 Å². The third kappa shape index (κ3) is 5.08. The van der Waals surface area contributed by atoms with E-state index in [-0.39, 0.29) is 12.2 Å². The van der Waals surface area contributed by atoms with Crippen LogP contribution in [0.5, 0.6) is 0 Å². The average molecular weight is 342 g/mol. The second-order valence-corrected chi connectivity index (χ2v) is 9.48. The van der Waals surface area contributed by atoms with Gasteiger partial charge in [0.2, 0.25) is 0 Å². The molecule has 0 aliphatic carbocycles. The van der Waals surface area contributed by atoms with E-state index in [9.17, 15) is 0 Å². The second-order valence-electron chi connectivity index (χ2n) is 4.80. The normalized spacial score (nSPS) is 17.1. The Kier molecular flexibility index (Phi) is 10.1. The summed E-state index contributed by atoms with van der Waals surface area (Å²) < 4.78 is 36.5. The van der Waals surface area contributed by atoms with Gasteiger partial charge >= 0.3 is 0 Å². The molecule has 0 heterocycles. The van der Waals surface area contributed by atoms with Crippen molar-refractivity contribution in [3.8, 4) is 0 Å². The highest BCUT2D eigenvalue weighted by molar-refractivity contribution is 6.54. The highest BCUT2D eigenvalue weighted by atomic mass is 28.3. The zero-order chi connectivity index (χ0) is 16.5. The van der Waals surface area contributed by atoms with Crippen molar-refractivity contribution in [1.82, 2.24) is 4.65 Å². The number of hydrogen-bond acceptors (Lipinski definition) is 7. The van der Waals surface area contributed by atoms with Crippen LogP contribution >= 0.6 is 0 Å². The van der Waals surface area contributed by atoms with Crippen LogP contribution in [0, 0.1) is 0 Å². The van der Waals surface area contributed by atoms with Crippen molar-refractivity contribution < 1.29 is 28.4 Å². The second kappa shape index (κ2) is 10.0. The fraction of sp³-hybridized carbons (Fsp3) is 1.00. The van der Waals surface area contributed by atoms with E-state index in [2.05, 4.69) is 4.65 Å². The molecule has 0 fully saturated rings. The Labute approximate surface area is 132 Å². The molecule has 0 rings (SSSR count). The average Bonchev–Trinajstić information content (AvgIpc) is 2.54. The van der Waals surface area contributed by atoms with Crippen LogP contribution in [0.1, 0.15) is 13.8 Å². The molecule has 2 atom stereocenters. The smallest absolute Gasteiger partial charge is 0.184 e. The third-order valence-corrected chi connectivity index (χ3v) is 9.36. The molecule has 9 heteroatoms. The molecule has 0 aromatic carbocycles. The van der Waals surface area contributed by atoms with Crippen molar-refractivity contribution in [2.75, 3.05) is 42.7 Å². The lowest BCUT2D eigenvalue weighted by molar-refractivity contribution is -0.208. The van der Waals surface area contributed by atoms with Crippen LogP contribution in [0.15, 0.2) is 0 Å². The van der Waals surface area contributed by atoms with Crippen molar-refractivity contribution in [2.45, 2.75) is 36.9 Å². The van der Waals surface area contributed by atoms with Gasteiger partial charge in [-0.3, -0.25) is 0 Å². The van der Waals surface area contributed by atoms with E-state index >= 15 is 0 Å². The van der Waals surface area contributed by atoms with E-state index in [0.29, 0.717) is 0 Å². The Balaban J connectivity index is 4.81. The fourth-order valence-corrected chi connectivity index (χ4v) is 6.95. The summed E-state index contributed by atoms with van der Waals surface area (Å²) in [5.41, 5.74) is -1.43. The van der Waals surface area contributed by atoms with Gasteiger partial charge in [-0.05, 0) is 13.8 Å². The summed E-state index contributed by atoms with van der Waals surface area (Å²) in [6, 6.07) is 0. The molecule has 0 saturated carbocycles. The number of hydrogen-bond donors (Lipinski definition) is 1. The number of rotatable bonds is 12. The maximum absolute atomic E-state index is 5.57. The first-order chi connectivity index (χ1) is 9.91. The van der Waals surface area contributed by atoms with Crippen molar-refractivity contribution in [1.29, 1.82) is 0 Å². The van der Waals surface area contributed by atoms with Gasteiger partial charge in [0.05, 0.1) is 0 Å². The summed E-state index contributed by atoms with van der Waals surface area (Å²) in [4.78, 5) is 0. The summed E-state index contributed by atoms with van der Waals surface area (Å²) in [7, 11) is 7.91. The van der Waals surface area contributed by atoms with Gasteiger partial charge in [0.25, 0.3) is 0 Å². The Morgan fingerprint density at radius 1 is 0.667 bits per heavy atom. The molecule has 0 bridgehead atoms. The number of methoxy groups -OCH3 is 6. The lowest BCUT2D eigenvalue weighted by Gasteiger charge is -2.39. The quantitative estimate of drug-likeness (QED) is 0.350. The zero-order valence-corrected chi connectivity index (χ0v) is 17.3. The summed E-state index contributed by atoms with van der Waals surface area (Å²) in [5.74, 6) is 0. The molecule has 1 N–H and O–H groups in total. The van der Waals surface area contributed by atoms with Gasteiger partial charge in [0.15, 0.2) is 30.2 Å². The van der Waals surface area contributed by atoms with E-state index in [4.69, 9.17) is 28.4 Å². The van der Waals surface area contributed by atoms with Crippen molar-refractivity contribution in [3.05, 3.63) is 0 Å². The minimum absolute atomic E-state index is 0.167. The lowest BCUT2D eigenvalue weighted by atomic mass is 10.4. The molecule has 2 unspecified atom stereocenters. The third-order valence-electron chi connectivity index (χ3n) is 4.07. The van der Waals surface area contributed by atoms with Crippen LogP contribution < -0.4 is 4.65 Å². The molecule has 0 aliphatic heterocycles. The minimum atomic E-state index is -0.951. The Bertz CT molecular complexity index is 250. The summed E-state index contributed by atoms with van der Waals surface area (Å²) in [6.07, 6.45) is -0.333. The van der Waals surface area contributed by atoms with Gasteiger partial charge in [-0.15, -0.1) is 0 Å². The van der Waals surface area contributed by atoms with Gasteiger partial charge in [-0.2, -0.15) is 0 Å². The highest BCUT2D eigenvalue weighted by Gasteiger charge is 2.41. The Morgan fingerprint density at radius 2 is 0.952 bits per heavy atom. The minimum Gasteiger partial charge on any atom is -0.377 e. The van der Waals surface area contributed by atoms with Crippen molar-refractivity contribution >= 4 is 19.4 Å². The SMILES string of the molecule is COC(C)C(OC)(OC)[SiH2]N[SiH2]C(OC)(OC)C(C)OC. The molecule has 21 heavy (non-hydrogen) atoms. The Morgan fingerprint density at radius 3 is 1.14 bits per heavy atom. The molecule has 128 valence electrons. The van der Waals surface area contributed by atoms with Gasteiger partial charge < -0.3 is 33.1 Å². The highest BCUT2D eigenvalue weighted by Crippen LogP contribution is 2.19. The molecule has 7 nitrogen and oxygen atoms in total. The maximum atomic E-state index is 5.57. The maximum Gasteiger partial charge on any atom is 0.184 e. The standard InChI is InChI=1S/C12H31NO6Si2/c1-9(14-3)11(16-5,17-6)20-13-21-12(18-7,19-8)10(2)15-4/h9-10,13H,20-21H2,1-8H3.